The standard InChI is InChI=1S/C20H25N3O4/c1-11(2)20-22-18(23-27-20)12-4-6-13(7-5-12)19(24)21-16-14-8-9-26-17(14)15(16)10-25-3/h4-7,11,14-17H,8-10H2,1-3H3,(H,21,24)/t14-,15+,16+,17-/m0/s1. The number of nitrogens with zero attached hydrogens (tertiary/aromatic N) is 2. The van der Waals surface area contributed by atoms with E-state index in [9.17, 15) is 4.79 Å². The highest BCUT2D eigenvalue weighted by Gasteiger charge is 2.54. The van der Waals surface area contributed by atoms with E-state index in [-0.39, 0.29) is 29.9 Å². The predicted molar refractivity (Wildman–Crippen MR) is 98.3 cm³/mol. The van der Waals surface area contributed by atoms with Crippen LogP contribution in [0.2, 0.25) is 0 Å². The molecule has 0 bridgehead atoms. The lowest BCUT2D eigenvalue weighted by Crippen LogP contribution is -2.62. The zero-order valence-corrected chi connectivity index (χ0v) is 15.8. The summed E-state index contributed by atoms with van der Waals surface area (Å²) in [6.07, 6.45) is 1.20. The first-order valence-corrected chi connectivity index (χ1v) is 9.44. The maximum atomic E-state index is 12.7. The Morgan fingerprint density at radius 3 is 2.78 bits per heavy atom. The van der Waals surface area contributed by atoms with Crippen LogP contribution in [0.1, 0.15) is 42.4 Å². The molecule has 144 valence electrons. The molecule has 2 aromatic rings. The Kier molecular flexibility index (Phi) is 4.97. The van der Waals surface area contributed by atoms with Crippen molar-refractivity contribution in [1.29, 1.82) is 0 Å². The summed E-state index contributed by atoms with van der Waals surface area (Å²) in [6.45, 7) is 5.37. The lowest BCUT2D eigenvalue weighted by Gasteiger charge is -2.47. The zero-order valence-electron chi connectivity index (χ0n) is 15.8. The fraction of sp³-hybridized carbons (Fsp3) is 0.550. The quantitative estimate of drug-likeness (QED) is 0.840. The fourth-order valence-corrected chi connectivity index (χ4v) is 4.03. The van der Waals surface area contributed by atoms with Crippen LogP contribution >= 0.6 is 0 Å². The predicted octanol–water partition coefficient (Wildman–Crippen LogP) is 2.64. The molecule has 1 N–H and O–H groups in total. The van der Waals surface area contributed by atoms with Crippen LogP contribution < -0.4 is 5.32 Å². The maximum absolute atomic E-state index is 12.7. The number of aromatic nitrogens is 2. The van der Waals surface area contributed by atoms with Crippen molar-refractivity contribution < 1.29 is 18.8 Å². The second-order valence-electron chi connectivity index (χ2n) is 7.59. The van der Waals surface area contributed by atoms with E-state index in [1.165, 1.54) is 0 Å². The van der Waals surface area contributed by atoms with Gasteiger partial charge in [-0.3, -0.25) is 4.79 Å². The summed E-state index contributed by atoms with van der Waals surface area (Å²) in [6, 6.07) is 7.39. The van der Waals surface area contributed by atoms with Crippen molar-refractivity contribution in [3.05, 3.63) is 35.7 Å². The Morgan fingerprint density at radius 1 is 1.33 bits per heavy atom. The summed E-state index contributed by atoms with van der Waals surface area (Å²) in [4.78, 5) is 17.1. The van der Waals surface area contributed by atoms with Crippen molar-refractivity contribution in [2.45, 2.75) is 38.3 Å². The fourth-order valence-electron chi connectivity index (χ4n) is 4.03. The highest BCUT2D eigenvalue weighted by atomic mass is 16.5. The molecular weight excluding hydrogens is 346 g/mol. The van der Waals surface area contributed by atoms with Gasteiger partial charge in [0.25, 0.3) is 5.91 Å². The van der Waals surface area contributed by atoms with E-state index >= 15 is 0 Å². The molecule has 7 heteroatoms. The minimum Gasteiger partial charge on any atom is -0.384 e. The number of hydrogen-bond donors (Lipinski definition) is 1. The summed E-state index contributed by atoms with van der Waals surface area (Å²) in [5.41, 5.74) is 1.44. The van der Waals surface area contributed by atoms with E-state index in [1.54, 1.807) is 19.2 Å². The van der Waals surface area contributed by atoms with Crippen LogP contribution in [0, 0.1) is 11.8 Å². The highest BCUT2D eigenvalue weighted by Crippen LogP contribution is 2.43. The molecule has 4 atom stereocenters. The van der Waals surface area contributed by atoms with Gasteiger partial charge in [-0.1, -0.05) is 31.1 Å². The third-order valence-electron chi connectivity index (χ3n) is 5.53. The number of nitrogens with one attached hydrogen (secondary N) is 1. The van der Waals surface area contributed by atoms with E-state index in [1.807, 2.05) is 26.0 Å². The summed E-state index contributed by atoms with van der Waals surface area (Å²) in [7, 11) is 1.68. The third-order valence-corrected chi connectivity index (χ3v) is 5.53. The molecule has 4 rings (SSSR count). The minimum atomic E-state index is -0.0750. The number of rotatable bonds is 6. The highest BCUT2D eigenvalue weighted by molar-refractivity contribution is 5.94. The topological polar surface area (TPSA) is 86.5 Å². The van der Waals surface area contributed by atoms with Gasteiger partial charge in [-0.25, -0.2) is 0 Å². The molecule has 7 nitrogen and oxygen atoms in total. The second-order valence-corrected chi connectivity index (χ2v) is 7.59. The number of benzene rings is 1. The monoisotopic (exact) mass is 371 g/mol. The van der Waals surface area contributed by atoms with Gasteiger partial charge in [-0.2, -0.15) is 4.98 Å². The molecule has 1 amide bonds. The molecule has 2 aliphatic rings. The van der Waals surface area contributed by atoms with Crippen LogP contribution in [-0.2, 0) is 9.47 Å². The Bertz CT molecular complexity index is 802. The van der Waals surface area contributed by atoms with Crippen molar-refractivity contribution in [2.75, 3.05) is 20.3 Å². The molecule has 2 fully saturated rings. The van der Waals surface area contributed by atoms with E-state index in [4.69, 9.17) is 14.0 Å². The SMILES string of the molecule is COC[C@@H]1[C@H](NC(=O)c2ccc(-c3noc(C(C)C)n3)cc2)[C@@H]2CCO[C@H]12. The van der Waals surface area contributed by atoms with E-state index in [2.05, 4.69) is 15.5 Å². The lowest BCUT2D eigenvalue weighted by molar-refractivity contribution is -0.0809. The van der Waals surface area contributed by atoms with Gasteiger partial charge in [-0.15, -0.1) is 0 Å². The van der Waals surface area contributed by atoms with Crippen LogP contribution in [0.15, 0.2) is 28.8 Å². The summed E-state index contributed by atoms with van der Waals surface area (Å²) in [5.74, 6) is 1.86. The van der Waals surface area contributed by atoms with Crippen LogP contribution in [0.3, 0.4) is 0 Å². The Labute approximate surface area is 158 Å². The number of hydrogen-bond acceptors (Lipinski definition) is 6. The molecule has 1 aliphatic carbocycles. The number of methoxy groups -OCH3 is 1. The van der Waals surface area contributed by atoms with Crippen LogP contribution in [0.25, 0.3) is 11.4 Å². The van der Waals surface area contributed by atoms with Crippen molar-refractivity contribution in [3.8, 4) is 11.4 Å². The largest absolute Gasteiger partial charge is 0.384 e. The van der Waals surface area contributed by atoms with Crippen molar-refractivity contribution in [1.82, 2.24) is 15.5 Å². The molecule has 1 aromatic carbocycles. The Hall–Kier alpha value is -2.25. The molecule has 27 heavy (non-hydrogen) atoms. The van der Waals surface area contributed by atoms with Crippen LogP contribution in [0.5, 0.6) is 0 Å². The van der Waals surface area contributed by atoms with Gasteiger partial charge in [0.15, 0.2) is 0 Å². The zero-order chi connectivity index (χ0) is 19.0. The van der Waals surface area contributed by atoms with Crippen molar-refractivity contribution >= 4 is 5.91 Å². The van der Waals surface area contributed by atoms with Gasteiger partial charge in [0.1, 0.15) is 0 Å². The van der Waals surface area contributed by atoms with Gasteiger partial charge in [0.2, 0.25) is 11.7 Å². The van der Waals surface area contributed by atoms with Gasteiger partial charge in [0.05, 0.1) is 12.7 Å². The second kappa shape index (κ2) is 7.40. The van der Waals surface area contributed by atoms with E-state index in [0.29, 0.717) is 29.8 Å². The number of ether oxygens (including phenoxy) is 2. The third kappa shape index (κ3) is 3.37. The summed E-state index contributed by atoms with van der Waals surface area (Å²) < 4.78 is 16.3. The number of fused-ring (bicyclic) bond motifs is 1. The normalized spacial score (nSPS) is 26.7. The molecule has 0 spiro atoms. The summed E-state index contributed by atoms with van der Waals surface area (Å²) in [5, 5.41) is 7.17. The number of carbonyl (C=O) groups is 1. The molecule has 1 aliphatic heterocycles. The van der Waals surface area contributed by atoms with Gasteiger partial charge < -0.3 is 19.3 Å². The van der Waals surface area contributed by atoms with E-state index in [0.717, 1.165) is 18.6 Å². The van der Waals surface area contributed by atoms with Crippen LogP contribution in [-0.4, -0.2) is 48.5 Å². The smallest absolute Gasteiger partial charge is 0.251 e. The first kappa shape index (κ1) is 18.1. The number of amides is 1. The first-order chi connectivity index (χ1) is 13.1. The number of carbonyl (C=O) groups excluding carboxylic acids is 1. The molecule has 2 heterocycles. The van der Waals surface area contributed by atoms with Crippen molar-refractivity contribution in [2.24, 2.45) is 11.8 Å². The molecular formula is C20H25N3O4. The van der Waals surface area contributed by atoms with Crippen LogP contribution in [0.4, 0.5) is 0 Å². The molecule has 1 aromatic heterocycles. The lowest BCUT2D eigenvalue weighted by atomic mass is 9.67. The van der Waals surface area contributed by atoms with Crippen molar-refractivity contribution in [3.63, 3.8) is 0 Å². The Morgan fingerprint density at radius 2 is 2.11 bits per heavy atom. The molecule has 0 unspecified atom stereocenters. The minimum absolute atomic E-state index is 0.0750. The molecule has 1 saturated heterocycles. The van der Waals surface area contributed by atoms with Gasteiger partial charge >= 0.3 is 0 Å². The molecule has 0 radical (unpaired) electrons. The maximum Gasteiger partial charge on any atom is 0.251 e. The van der Waals surface area contributed by atoms with E-state index < -0.39 is 0 Å². The van der Waals surface area contributed by atoms with Gasteiger partial charge in [0, 0.05) is 48.6 Å². The Balaban J connectivity index is 1.43. The first-order valence-electron chi connectivity index (χ1n) is 9.44. The van der Waals surface area contributed by atoms with Gasteiger partial charge in [-0.05, 0) is 18.6 Å². The average molecular weight is 371 g/mol. The summed E-state index contributed by atoms with van der Waals surface area (Å²) >= 11 is 0. The average Bonchev–Trinajstić information content (AvgIpc) is 3.32. The molecule has 1 saturated carbocycles.